The van der Waals surface area contributed by atoms with Crippen molar-refractivity contribution in [3.8, 4) is 0 Å². The molecule has 2 aliphatic rings. The largest absolute Gasteiger partial charge is 0.466 e. The van der Waals surface area contributed by atoms with E-state index in [2.05, 4.69) is 24.5 Å². The molecule has 0 radical (unpaired) electrons. The molecule has 1 aliphatic heterocycles. The number of ether oxygens (including phenoxy) is 1. The number of hydrogen-bond acceptors (Lipinski definition) is 3. The Kier molecular flexibility index (Phi) is 3.71. The maximum atomic E-state index is 12.4. The van der Waals surface area contributed by atoms with Gasteiger partial charge >= 0.3 is 5.97 Å². The predicted molar refractivity (Wildman–Crippen MR) is 84.7 cm³/mol. The van der Waals surface area contributed by atoms with E-state index in [1.54, 1.807) is 0 Å². The van der Waals surface area contributed by atoms with Crippen LogP contribution in [0.25, 0.3) is 6.08 Å². The fourth-order valence-corrected chi connectivity index (χ4v) is 3.53. The van der Waals surface area contributed by atoms with E-state index in [0.717, 1.165) is 37.1 Å². The van der Waals surface area contributed by atoms with Gasteiger partial charge in [0.2, 0.25) is 0 Å². The minimum absolute atomic E-state index is 0.0541. The average Bonchev–Trinajstić information content (AvgIpc) is 2.75. The van der Waals surface area contributed by atoms with Crippen molar-refractivity contribution >= 4 is 17.8 Å². The normalized spacial score (nSPS) is 19.2. The van der Waals surface area contributed by atoms with E-state index in [0.29, 0.717) is 13.0 Å². The molecule has 4 nitrogen and oxygen atoms in total. The predicted octanol–water partition coefficient (Wildman–Crippen LogP) is 3.38. The van der Waals surface area contributed by atoms with Gasteiger partial charge in [0.25, 0.3) is 0 Å². The molecule has 0 N–H and O–H groups in total. The van der Waals surface area contributed by atoms with Gasteiger partial charge in [-0.3, -0.25) is 9.59 Å². The second-order valence-electron chi connectivity index (χ2n) is 7.16. The number of rotatable bonds is 3. The molecule has 3 rings (SSSR count). The van der Waals surface area contributed by atoms with Crippen LogP contribution in [0.4, 0.5) is 0 Å². The second-order valence-corrected chi connectivity index (χ2v) is 7.16. The van der Waals surface area contributed by atoms with Gasteiger partial charge in [-0.25, -0.2) is 0 Å². The van der Waals surface area contributed by atoms with Crippen LogP contribution in [-0.2, 0) is 22.5 Å². The summed E-state index contributed by atoms with van der Waals surface area (Å²) in [6.45, 7) is 7.11. The molecule has 22 heavy (non-hydrogen) atoms. The molecule has 4 heteroatoms. The van der Waals surface area contributed by atoms with Crippen LogP contribution in [0.1, 0.15) is 61.8 Å². The highest BCUT2D eigenvalue weighted by Crippen LogP contribution is 2.38. The van der Waals surface area contributed by atoms with E-state index in [4.69, 9.17) is 4.74 Å². The van der Waals surface area contributed by atoms with E-state index >= 15 is 0 Å². The summed E-state index contributed by atoms with van der Waals surface area (Å²) in [7, 11) is 0. The summed E-state index contributed by atoms with van der Waals surface area (Å²) in [5, 5.41) is 0. The van der Waals surface area contributed by atoms with E-state index in [9.17, 15) is 9.59 Å². The van der Waals surface area contributed by atoms with Gasteiger partial charge in [0.15, 0.2) is 5.78 Å². The highest BCUT2D eigenvalue weighted by atomic mass is 16.5. The van der Waals surface area contributed by atoms with Gasteiger partial charge in [0.05, 0.1) is 6.61 Å². The average molecular weight is 301 g/mol. The first-order chi connectivity index (χ1) is 10.4. The minimum atomic E-state index is -0.233. The molecule has 0 saturated heterocycles. The van der Waals surface area contributed by atoms with Crippen LogP contribution >= 0.6 is 0 Å². The quantitative estimate of drug-likeness (QED) is 0.804. The molecular formula is C18H23NO3. The van der Waals surface area contributed by atoms with Crippen LogP contribution in [0.15, 0.2) is 11.6 Å². The van der Waals surface area contributed by atoms with Crippen molar-refractivity contribution in [2.45, 2.75) is 53.0 Å². The van der Waals surface area contributed by atoms with Gasteiger partial charge in [-0.2, -0.15) is 0 Å². The molecule has 0 amide bonds. The minimum Gasteiger partial charge on any atom is -0.466 e. The molecule has 0 atom stereocenters. The van der Waals surface area contributed by atoms with E-state index in [1.165, 1.54) is 18.2 Å². The molecule has 2 heterocycles. The third-order valence-electron chi connectivity index (χ3n) is 4.56. The van der Waals surface area contributed by atoms with Crippen LogP contribution in [0, 0.1) is 5.41 Å². The van der Waals surface area contributed by atoms with Crippen molar-refractivity contribution in [3.05, 3.63) is 28.6 Å². The van der Waals surface area contributed by atoms with Crippen molar-refractivity contribution in [2.75, 3.05) is 6.61 Å². The SMILES string of the molecule is CC(=O)OCCC1=Cc2cc3c(n2CC1)CC(C)(C)CC3=O. The third kappa shape index (κ3) is 2.87. The number of Topliss-reactive ketones (excluding diaryl/α,β-unsaturated/α-hetero) is 1. The topological polar surface area (TPSA) is 48.3 Å². The Labute approximate surface area is 131 Å². The third-order valence-corrected chi connectivity index (χ3v) is 4.56. The molecule has 1 aromatic rings. The molecular weight excluding hydrogens is 278 g/mol. The lowest BCUT2D eigenvalue weighted by Crippen LogP contribution is -2.28. The monoisotopic (exact) mass is 301 g/mol. The number of aromatic nitrogens is 1. The van der Waals surface area contributed by atoms with Crippen molar-refractivity contribution in [1.82, 2.24) is 4.57 Å². The van der Waals surface area contributed by atoms with Gasteiger partial charge in [0, 0.05) is 43.3 Å². The number of carbonyl (C=O) groups excluding carboxylic acids is 2. The van der Waals surface area contributed by atoms with E-state index in [1.807, 2.05) is 6.07 Å². The number of carbonyl (C=O) groups is 2. The first kappa shape index (κ1) is 15.1. The Balaban J connectivity index is 1.83. The molecule has 0 saturated carbocycles. The highest BCUT2D eigenvalue weighted by molar-refractivity contribution is 5.99. The van der Waals surface area contributed by atoms with Crippen LogP contribution < -0.4 is 0 Å². The van der Waals surface area contributed by atoms with Crippen LogP contribution in [0.5, 0.6) is 0 Å². The molecule has 0 fully saturated rings. The van der Waals surface area contributed by atoms with Gasteiger partial charge in [-0.05, 0) is 30.4 Å². The fraction of sp³-hybridized carbons (Fsp3) is 0.556. The summed E-state index contributed by atoms with van der Waals surface area (Å²) in [4.78, 5) is 23.2. The first-order valence-corrected chi connectivity index (χ1v) is 7.94. The van der Waals surface area contributed by atoms with Gasteiger partial charge in [-0.1, -0.05) is 19.4 Å². The summed E-state index contributed by atoms with van der Waals surface area (Å²) >= 11 is 0. The second kappa shape index (κ2) is 5.41. The summed E-state index contributed by atoms with van der Waals surface area (Å²) in [5.41, 5.74) is 4.58. The summed E-state index contributed by atoms with van der Waals surface area (Å²) in [6, 6.07) is 2.04. The number of nitrogens with zero attached hydrogens (tertiary/aromatic N) is 1. The van der Waals surface area contributed by atoms with Crippen LogP contribution in [0.2, 0.25) is 0 Å². The Bertz CT molecular complexity index is 664. The van der Waals surface area contributed by atoms with Crippen molar-refractivity contribution in [1.29, 1.82) is 0 Å². The molecule has 0 aromatic carbocycles. The molecule has 1 aromatic heterocycles. The number of fused-ring (bicyclic) bond motifs is 3. The van der Waals surface area contributed by atoms with Gasteiger partial charge < -0.3 is 9.30 Å². The Morgan fingerprint density at radius 2 is 2.14 bits per heavy atom. The Hall–Kier alpha value is -1.84. The maximum absolute atomic E-state index is 12.4. The number of ketones is 1. The highest BCUT2D eigenvalue weighted by Gasteiger charge is 2.34. The van der Waals surface area contributed by atoms with E-state index in [-0.39, 0.29) is 17.2 Å². The lowest BCUT2D eigenvalue weighted by Gasteiger charge is -2.30. The van der Waals surface area contributed by atoms with Gasteiger partial charge in [-0.15, -0.1) is 0 Å². The first-order valence-electron chi connectivity index (χ1n) is 7.94. The van der Waals surface area contributed by atoms with Crippen molar-refractivity contribution < 1.29 is 14.3 Å². The van der Waals surface area contributed by atoms with E-state index < -0.39 is 0 Å². The number of hydrogen-bond donors (Lipinski definition) is 0. The molecule has 0 spiro atoms. The Morgan fingerprint density at radius 3 is 2.86 bits per heavy atom. The molecule has 0 unspecified atom stereocenters. The maximum Gasteiger partial charge on any atom is 0.302 e. The zero-order chi connectivity index (χ0) is 15.9. The molecule has 1 aliphatic carbocycles. The summed E-state index contributed by atoms with van der Waals surface area (Å²) in [6.07, 6.45) is 5.49. The smallest absolute Gasteiger partial charge is 0.302 e. The molecule has 0 bridgehead atoms. The van der Waals surface area contributed by atoms with Crippen molar-refractivity contribution in [2.24, 2.45) is 5.41 Å². The zero-order valence-corrected chi connectivity index (χ0v) is 13.6. The fourth-order valence-electron chi connectivity index (χ4n) is 3.53. The lowest BCUT2D eigenvalue weighted by atomic mass is 9.76. The lowest BCUT2D eigenvalue weighted by molar-refractivity contribution is -0.140. The van der Waals surface area contributed by atoms with Gasteiger partial charge in [0.1, 0.15) is 0 Å². The summed E-state index contributed by atoms with van der Waals surface area (Å²) in [5.74, 6) is 0.0334. The summed E-state index contributed by atoms with van der Waals surface area (Å²) < 4.78 is 7.31. The Morgan fingerprint density at radius 1 is 1.36 bits per heavy atom. The number of esters is 1. The van der Waals surface area contributed by atoms with Crippen LogP contribution in [-0.4, -0.2) is 22.9 Å². The standard InChI is InChI=1S/C18H23NO3/c1-12(20)22-7-5-13-4-6-19-14(8-13)9-15-16(19)10-18(2,3)11-17(15)21/h8-9H,4-7,10-11H2,1-3H3. The van der Waals surface area contributed by atoms with Crippen molar-refractivity contribution in [3.63, 3.8) is 0 Å². The zero-order valence-electron chi connectivity index (χ0n) is 13.6. The van der Waals surface area contributed by atoms with Crippen LogP contribution in [0.3, 0.4) is 0 Å². The molecule has 118 valence electrons.